The molecule has 5 heteroatoms. The molecule has 1 N–H and O–H groups in total. The second-order valence-corrected chi connectivity index (χ2v) is 4.83. The lowest BCUT2D eigenvalue weighted by molar-refractivity contribution is 0.670. The highest BCUT2D eigenvalue weighted by Crippen LogP contribution is 2.23. The molecule has 0 spiro atoms. The standard InChI is InChI=1S/C12H11BrClN3/c13-11-6-9(3-4-12(11)14)7-15-8-10-2-1-5-16-17-10/h1-6,15H,7-8H2. The Hall–Kier alpha value is -0.970. The van der Waals surface area contributed by atoms with E-state index in [1.807, 2.05) is 30.3 Å². The smallest absolute Gasteiger partial charge is 0.0769 e. The number of nitrogens with zero attached hydrogens (tertiary/aromatic N) is 2. The molecule has 0 aliphatic rings. The molecule has 2 aromatic rings. The fourth-order valence-corrected chi connectivity index (χ4v) is 1.96. The summed E-state index contributed by atoms with van der Waals surface area (Å²) >= 11 is 9.33. The summed E-state index contributed by atoms with van der Waals surface area (Å²) in [6, 6.07) is 9.70. The Bertz CT molecular complexity index is 490. The number of aromatic nitrogens is 2. The van der Waals surface area contributed by atoms with E-state index in [0.717, 1.165) is 21.7 Å². The van der Waals surface area contributed by atoms with Gasteiger partial charge in [-0.3, -0.25) is 0 Å². The summed E-state index contributed by atoms with van der Waals surface area (Å²) in [4.78, 5) is 0. The first kappa shape index (κ1) is 12.5. The van der Waals surface area contributed by atoms with Gasteiger partial charge in [0, 0.05) is 23.8 Å². The van der Waals surface area contributed by atoms with Crippen molar-refractivity contribution in [3.8, 4) is 0 Å². The Balaban J connectivity index is 1.88. The highest BCUT2D eigenvalue weighted by atomic mass is 79.9. The fraction of sp³-hybridized carbons (Fsp3) is 0.167. The molecule has 0 aliphatic heterocycles. The number of hydrogen-bond donors (Lipinski definition) is 1. The van der Waals surface area contributed by atoms with Gasteiger partial charge in [-0.15, -0.1) is 0 Å². The van der Waals surface area contributed by atoms with Crippen molar-refractivity contribution in [3.05, 3.63) is 57.3 Å². The zero-order chi connectivity index (χ0) is 12.1. The van der Waals surface area contributed by atoms with E-state index in [1.54, 1.807) is 6.20 Å². The van der Waals surface area contributed by atoms with Gasteiger partial charge < -0.3 is 5.32 Å². The minimum Gasteiger partial charge on any atom is -0.307 e. The average molecular weight is 313 g/mol. The first-order valence-electron chi connectivity index (χ1n) is 5.17. The van der Waals surface area contributed by atoms with Crippen molar-refractivity contribution in [1.82, 2.24) is 15.5 Å². The van der Waals surface area contributed by atoms with E-state index in [1.165, 1.54) is 5.56 Å². The molecule has 0 saturated heterocycles. The van der Waals surface area contributed by atoms with Gasteiger partial charge >= 0.3 is 0 Å². The summed E-state index contributed by atoms with van der Waals surface area (Å²) in [7, 11) is 0. The van der Waals surface area contributed by atoms with Crippen LogP contribution in [0.15, 0.2) is 41.0 Å². The van der Waals surface area contributed by atoms with Crippen LogP contribution >= 0.6 is 27.5 Å². The van der Waals surface area contributed by atoms with Gasteiger partial charge in [-0.05, 0) is 45.8 Å². The maximum absolute atomic E-state index is 5.93. The molecule has 0 radical (unpaired) electrons. The SMILES string of the molecule is Clc1ccc(CNCc2cccnn2)cc1Br. The fourth-order valence-electron chi connectivity index (χ4n) is 1.41. The predicted octanol–water partition coefficient (Wildman–Crippen LogP) is 3.18. The van der Waals surface area contributed by atoms with Gasteiger partial charge in [0.05, 0.1) is 10.7 Å². The van der Waals surface area contributed by atoms with E-state index in [-0.39, 0.29) is 0 Å². The Labute approximate surface area is 113 Å². The molecule has 88 valence electrons. The second-order valence-electron chi connectivity index (χ2n) is 3.57. The lowest BCUT2D eigenvalue weighted by Gasteiger charge is -2.05. The number of benzene rings is 1. The first-order valence-corrected chi connectivity index (χ1v) is 6.34. The lowest BCUT2D eigenvalue weighted by atomic mass is 10.2. The van der Waals surface area contributed by atoms with Gasteiger partial charge in [-0.25, -0.2) is 0 Å². The number of rotatable bonds is 4. The normalized spacial score (nSPS) is 10.5. The average Bonchev–Trinajstić information content (AvgIpc) is 2.35. The van der Waals surface area contributed by atoms with Crippen LogP contribution in [0.4, 0.5) is 0 Å². The lowest BCUT2D eigenvalue weighted by Crippen LogP contribution is -2.13. The molecule has 0 amide bonds. The molecule has 3 nitrogen and oxygen atoms in total. The van der Waals surface area contributed by atoms with Crippen LogP contribution in [0.3, 0.4) is 0 Å². The van der Waals surface area contributed by atoms with E-state index in [9.17, 15) is 0 Å². The van der Waals surface area contributed by atoms with Crippen molar-refractivity contribution >= 4 is 27.5 Å². The molecule has 0 aliphatic carbocycles. The van der Waals surface area contributed by atoms with Crippen LogP contribution in [-0.4, -0.2) is 10.2 Å². The molecule has 0 saturated carbocycles. The highest BCUT2D eigenvalue weighted by molar-refractivity contribution is 9.10. The summed E-state index contributed by atoms with van der Waals surface area (Å²) in [5.41, 5.74) is 2.10. The van der Waals surface area contributed by atoms with Crippen LogP contribution in [0.25, 0.3) is 0 Å². The number of hydrogen-bond acceptors (Lipinski definition) is 3. The monoisotopic (exact) mass is 311 g/mol. The van der Waals surface area contributed by atoms with Crippen molar-refractivity contribution in [2.45, 2.75) is 13.1 Å². The van der Waals surface area contributed by atoms with Gasteiger partial charge in [-0.2, -0.15) is 10.2 Å². The van der Waals surface area contributed by atoms with Gasteiger partial charge in [0.2, 0.25) is 0 Å². The molecule has 0 unspecified atom stereocenters. The summed E-state index contributed by atoms with van der Waals surface area (Å²) in [5, 5.41) is 11.8. The summed E-state index contributed by atoms with van der Waals surface area (Å²) in [6.45, 7) is 1.47. The van der Waals surface area contributed by atoms with Gasteiger partial charge in [0.25, 0.3) is 0 Å². The van der Waals surface area contributed by atoms with Crippen LogP contribution in [0.5, 0.6) is 0 Å². The predicted molar refractivity (Wildman–Crippen MR) is 71.7 cm³/mol. The van der Waals surface area contributed by atoms with E-state index >= 15 is 0 Å². The van der Waals surface area contributed by atoms with Crippen LogP contribution in [0.2, 0.25) is 5.02 Å². The van der Waals surface area contributed by atoms with E-state index < -0.39 is 0 Å². The van der Waals surface area contributed by atoms with Crippen LogP contribution in [0.1, 0.15) is 11.3 Å². The largest absolute Gasteiger partial charge is 0.307 e. The van der Waals surface area contributed by atoms with Gasteiger partial charge in [-0.1, -0.05) is 17.7 Å². The summed E-state index contributed by atoms with van der Waals surface area (Å²) in [5.74, 6) is 0. The zero-order valence-electron chi connectivity index (χ0n) is 9.03. The van der Waals surface area contributed by atoms with Crippen LogP contribution < -0.4 is 5.32 Å². The molecule has 0 bridgehead atoms. The molecule has 0 atom stereocenters. The Kier molecular flexibility index (Phi) is 4.48. The van der Waals surface area contributed by atoms with Crippen molar-refractivity contribution in [2.24, 2.45) is 0 Å². The minimum atomic E-state index is 0.702. The van der Waals surface area contributed by atoms with Gasteiger partial charge in [0.15, 0.2) is 0 Å². The van der Waals surface area contributed by atoms with Crippen molar-refractivity contribution < 1.29 is 0 Å². The highest BCUT2D eigenvalue weighted by Gasteiger charge is 1.99. The zero-order valence-corrected chi connectivity index (χ0v) is 11.4. The third-order valence-corrected chi connectivity index (χ3v) is 3.46. The summed E-state index contributed by atoms with van der Waals surface area (Å²) < 4.78 is 0.915. The molecular weight excluding hydrogens is 302 g/mol. The molecule has 0 fully saturated rings. The quantitative estimate of drug-likeness (QED) is 0.942. The minimum absolute atomic E-state index is 0.702. The molecule has 1 heterocycles. The van der Waals surface area contributed by atoms with E-state index in [0.29, 0.717) is 6.54 Å². The molecule has 17 heavy (non-hydrogen) atoms. The Morgan fingerprint density at radius 1 is 1.24 bits per heavy atom. The Morgan fingerprint density at radius 2 is 2.12 bits per heavy atom. The third-order valence-electron chi connectivity index (χ3n) is 2.25. The molecule has 2 rings (SSSR count). The molecule has 1 aromatic carbocycles. The second kappa shape index (κ2) is 6.10. The molecular formula is C12H11BrClN3. The topological polar surface area (TPSA) is 37.8 Å². The summed E-state index contributed by atoms with van der Waals surface area (Å²) in [6.07, 6.45) is 1.67. The third kappa shape index (κ3) is 3.77. The van der Waals surface area contributed by atoms with Crippen molar-refractivity contribution in [2.75, 3.05) is 0 Å². The number of nitrogens with one attached hydrogen (secondary N) is 1. The van der Waals surface area contributed by atoms with E-state index in [2.05, 4.69) is 31.4 Å². The van der Waals surface area contributed by atoms with Crippen LogP contribution in [-0.2, 0) is 13.1 Å². The first-order chi connectivity index (χ1) is 8.25. The Morgan fingerprint density at radius 3 is 2.82 bits per heavy atom. The van der Waals surface area contributed by atoms with Crippen LogP contribution in [0, 0.1) is 0 Å². The van der Waals surface area contributed by atoms with E-state index in [4.69, 9.17) is 11.6 Å². The molecule has 1 aromatic heterocycles. The maximum atomic E-state index is 5.93. The van der Waals surface area contributed by atoms with Crippen molar-refractivity contribution in [1.29, 1.82) is 0 Å². The maximum Gasteiger partial charge on any atom is 0.0769 e. The number of halogens is 2. The van der Waals surface area contributed by atoms with Crippen molar-refractivity contribution in [3.63, 3.8) is 0 Å². The van der Waals surface area contributed by atoms with Gasteiger partial charge in [0.1, 0.15) is 0 Å².